The van der Waals surface area contributed by atoms with Gasteiger partial charge in [-0.25, -0.2) is 4.79 Å². The van der Waals surface area contributed by atoms with Crippen molar-refractivity contribution >= 4 is 27.9 Å². The summed E-state index contributed by atoms with van der Waals surface area (Å²) in [4.78, 5) is 24.9. The third-order valence-corrected chi connectivity index (χ3v) is 4.40. The summed E-state index contributed by atoms with van der Waals surface area (Å²) in [6.45, 7) is 4.53. The number of urea groups is 1. The van der Waals surface area contributed by atoms with Crippen LogP contribution in [0, 0.1) is 11.8 Å². The number of hydrogen-bond acceptors (Lipinski definition) is 2. The van der Waals surface area contributed by atoms with Gasteiger partial charge in [0.15, 0.2) is 0 Å². The van der Waals surface area contributed by atoms with Crippen molar-refractivity contribution in [1.82, 2.24) is 10.2 Å². The van der Waals surface area contributed by atoms with Gasteiger partial charge < -0.3 is 15.3 Å². The molecule has 2 amide bonds. The maximum atomic E-state index is 12.2. The molecule has 2 N–H and O–H groups in total. The average molecular weight is 355 g/mol. The fourth-order valence-corrected chi connectivity index (χ4v) is 3.01. The van der Waals surface area contributed by atoms with Crippen LogP contribution in [0.5, 0.6) is 0 Å². The van der Waals surface area contributed by atoms with Crippen molar-refractivity contribution in [3.8, 4) is 0 Å². The molecule has 5 nitrogen and oxygen atoms in total. The first-order chi connectivity index (χ1) is 9.88. The van der Waals surface area contributed by atoms with E-state index in [0.29, 0.717) is 6.54 Å². The van der Waals surface area contributed by atoms with Crippen LogP contribution in [0.3, 0.4) is 0 Å². The number of carboxylic acid groups (broad SMARTS) is 1. The van der Waals surface area contributed by atoms with Crippen LogP contribution in [0.2, 0.25) is 0 Å². The van der Waals surface area contributed by atoms with E-state index < -0.39 is 11.9 Å². The Morgan fingerprint density at radius 1 is 1.43 bits per heavy atom. The summed E-state index contributed by atoms with van der Waals surface area (Å²) in [6, 6.07) is 7.41. The quantitative estimate of drug-likeness (QED) is 0.876. The van der Waals surface area contributed by atoms with Gasteiger partial charge >= 0.3 is 12.0 Å². The summed E-state index contributed by atoms with van der Waals surface area (Å²) in [5.74, 6) is -1.33. The third kappa shape index (κ3) is 3.75. The van der Waals surface area contributed by atoms with E-state index in [9.17, 15) is 9.59 Å². The monoisotopic (exact) mass is 354 g/mol. The minimum atomic E-state index is -0.835. The molecule has 1 aromatic carbocycles. The lowest BCUT2D eigenvalue weighted by atomic mass is 9.99. The summed E-state index contributed by atoms with van der Waals surface area (Å²) in [5.41, 5.74) is 1.000. The molecule has 3 atom stereocenters. The van der Waals surface area contributed by atoms with Crippen molar-refractivity contribution in [2.45, 2.75) is 19.9 Å². The Morgan fingerprint density at radius 2 is 2.14 bits per heavy atom. The molecule has 0 radical (unpaired) electrons. The van der Waals surface area contributed by atoms with Crippen LogP contribution in [-0.4, -0.2) is 35.1 Å². The highest BCUT2D eigenvalue weighted by Gasteiger charge is 2.37. The second-order valence-electron chi connectivity index (χ2n) is 5.55. The molecule has 1 aliphatic heterocycles. The van der Waals surface area contributed by atoms with Crippen LogP contribution in [0.1, 0.15) is 25.5 Å². The number of hydrogen-bond donors (Lipinski definition) is 2. The summed E-state index contributed by atoms with van der Waals surface area (Å²) >= 11 is 3.41. The van der Waals surface area contributed by atoms with E-state index in [1.165, 1.54) is 0 Å². The van der Waals surface area contributed by atoms with Gasteiger partial charge in [-0.15, -0.1) is 0 Å². The van der Waals surface area contributed by atoms with Gasteiger partial charge in [-0.2, -0.15) is 0 Å². The van der Waals surface area contributed by atoms with Gasteiger partial charge in [-0.05, 0) is 30.5 Å². The SMILES string of the molecule is CC(NC(=O)N1C[C@@H](C)[C@H](C(=O)O)C1)c1cccc(Br)c1. The number of carbonyl (C=O) groups excluding carboxylic acids is 1. The largest absolute Gasteiger partial charge is 0.481 e. The number of amides is 2. The number of carbonyl (C=O) groups is 2. The Labute approximate surface area is 132 Å². The van der Waals surface area contributed by atoms with E-state index in [-0.39, 0.29) is 24.5 Å². The third-order valence-electron chi connectivity index (χ3n) is 3.91. The van der Waals surface area contributed by atoms with Crippen LogP contribution < -0.4 is 5.32 Å². The van der Waals surface area contributed by atoms with Gasteiger partial charge in [0.25, 0.3) is 0 Å². The Hall–Kier alpha value is -1.56. The topological polar surface area (TPSA) is 69.6 Å². The second-order valence-corrected chi connectivity index (χ2v) is 6.47. The van der Waals surface area contributed by atoms with Crippen molar-refractivity contribution in [1.29, 1.82) is 0 Å². The molecule has 0 aliphatic carbocycles. The van der Waals surface area contributed by atoms with Crippen molar-refractivity contribution < 1.29 is 14.7 Å². The molecule has 1 saturated heterocycles. The van der Waals surface area contributed by atoms with E-state index in [1.807, 2.05) is 38.1 Å². The van der Waals surface area contributed by atoms with Gasteiger partial charge in [0.2, 0.25) is 0 Å². The number of halogens is 1. The molecule has 0 aromatic heterocycles. The first-order valence-electron chi connectivity index (χ1n) is 6.92. The van der Waals surface area contributed by atoms with E-state index in [4.69, 9.17) is 5.11 Å². The average Bonchev–Trinajstić information content (AvgIpc) is 2.81. The molecular weight excluding hydrogens is 336 g/mol. The zero-order chi connectivity index (χ0) is 15.6. The Bertz CT molecular complexity index is 549. The van der Waals surface area contributed by atoms with Crippen LogP contribution >= 0.6 is 15.9 Å². The normalized spacial score (nSPS) is 22.9. The number of nitrogens with one attached hydrogen (secondary N) is 1. The summed E-state index contributed by atoms with van der Waals surface area (Å²) in [6.07, 6.45) is 0. The van der Waals surface area contributed by atoms with Gasteiger partial charge in [0.1, 0.15) is 0 Å². The number of rotatable bonds is 3. The fourth-order valence-electron chi connectivity index (χ4n) is 2.59. The van der Waals surface area contributed by atoms with Gasteiger partial charge in [-0.3, -0.25) is 4.79 Å². The van der Waals surface area contributed by atoms with Gasteiger partial charge in [0, 0.05) is 17.6 Å². The maximum absolute atomic E-state index is 12.2. The Morgan fingerprint density at radius 3 is 2.71 bits per heavy atom. The molecule has 1 aliphatic rings. The maximum Gasteiger partial charge on any atom is 0.317 e. The minimum Gasteiger partial charge on any atom is -0.481 e. The Kier molecular flexibility index (Phi) is 4.88. The highest BCUT2D eigenvalue weighted by Crippen LogP contribution is 2.24. The number of carboxylic acids is 1. The fraction of sp³-hybridized carbons (Fsp3) is 0.467. The van der Waals surface area contributed by atoms with Crippen LogP contribution in [0.4, 0.5) is 4.79 Å². The van der Waals surface area contributed by atoms with E-state index >= 15 is 0 Å². The number of nitrogens with zero attached hydrogens (tertiary/aromatic N) is 1. The Balaban J connectivity index is 1.97. The molecule has 2 rings (SSSR count). The highest BCUT2D eigenvalue weighted by molar-refractivity contribution is 9.10. The first-order valence-corrected chi connectivity index (χ1v) is 7.71. The molecule has 114 valence electrons. The summed E-state index contributed by atoms with van der Waals surface area (Å²) < 4.78 is 0.960. The van der Waals surface area contributed by atoms with Crippen LogP contribution in [0.15, 0.2) is 28.7 Å². The molecule has 6 heteroatoms. The number of aliphatic carboxylic acids is 1. The van der Waals surface area contributed by atoms with E-state index in [1.54, 1.807) is 4.90 Å². The second kappa shape index (κ2) is 6.47. The van der Waals surface area contributed by atoms with Crippen LogP contribution in [-0.2, 0) is 4.79 Å². The molecule has 21 heavy (non-hydrogen) atoms. The van der Waals surface area contributed by atoms with Crippen molar-refractivity contribution in [3.05, 3.63) is 34.3 Å². The summed E-state index contributed by atoms with van der Waals surface area (Å²) in [7, 11) is 0. The van der Waals surface area contributed by atoms with Gasteiger partial charge in [-0.1, -0.05) is 35.0 Å². The molecule has 1 fully saturated rings. The number of benzene rings is 1. The van der Waals surface area contributed by atoms with Crippen molar-refractivity contribution in [2.24, 2.45) is 11.8 Å². The standard InChI is InChI=1S/C15H19BrN2O3/c1-9-7-18(8-13(9)14(19)20)15(21)17-10(2)11-4-3-5-12(16)6-11/h3-6,9-10,13H,7-8H2,1-2H3,(H,17,21)(H,19,20)/t9-,10?,13-/m1/s1. The molecular formula is C15H19BrN2O3. The van der Waals surface area contributed by atoms with E-state index in [0.717, 1.165) is 10.0 Å². The molecule has 0 spiro atoms. The van der Waals surface area contributed by atoms with Gasteiger partial charge in [0.05, 0.1) is 12.0 Å². The lowest BCUT2D eigenvalue weighted by molar-refractivity contribution is -0.142. The zero-order valence-corrected chi connectivity index (χ0v) is 13.6. The summed E-state index contributed by atoms with van der Waals surface area (Å²) in [5, 5.41) is 12.0. The predicted octanol–water partition coefficient (Wildman–Crippen LogP) is 2.87. The predicted molar refractivity (Wildman–Crippen MR) is 83.0 cm³/mol. The zero-order valence-electron chi connectivity index (χ0n) is 12.0. The van der Waals surface area contributed by atoms with Crippen molar-refractivity contribution in [2.75, 3.05) is 13.1 Å². The lowest BCUT2D eigenvalue weighted by Gasteiger charge is -2.21. The number of likely N-dealkylation sites (tertiary alicyclic amines) is 1. The minimum absolute atomic E-state index is 0.0191. The molecule has 1 heterocycles. The molecule has 1 unspecified atom stereocenters. The first kappa shape index (κ1) is 15.8. The lowest BCUT2D eigenvalue weighted by Crippen LogP contribution is -2.40. The highest BCUT2D eigenvalue weighted by atomic mass is 79.9. The van der Waals surface area contributed by atoms with Crippen molar-refractivity contribution in [3.63, 3.8) is 0 Å². The molecule has 0 saturated carbocycles. The molecule has 1 aromatic rings. The molecule has 0 bridgehead atoms. The smallest absolute Gasteiger partial charge is 0.317 e. The van der Waals surface area contributed by atoms with Crippen LogP contribution in [0.25, 0.3) is 0 Å². The van der Waals surface area contributed by atoms with E-state index in [2.05, 4.69) is 21.2 Å².